The van der Waals surface area contributed by atoms with Crippen LogP contribution < -0.4 is 4.90 Å². The Balaban J connectivity index is 1.32. The summed E-state index contributed by atoms with van der Waals surface area (Å²) in [6.45, 7) is 3.91. The van der Waals surface area contributed by atoms with E-state index in [1.807, 2.05) is 63.4 Å². The van der Waals surface area contributed by atoms with Crippen molar-refractivity contribution in [2.24, 2.45) is 0 Å². The van der Waals surface area contributed by atoms with Crippen molar-refractivity contribution in [3.8, 4) is 22.5 Å². The molecule has 0 aliphatic heterocycles. The molecule has 7 heteroatoms. The summed E-state index contributed by atoms with van der Waals surface area (Å²) in [5.41, 5.74) is 8.89. The van der Waals surface area contributed by atoms with E-state index in [0.29, 0.717) is 10.8 Å². The molecule has 0 bridgehead atoms. The third-order valence-electron chi connectivity index (χ3n) is 8.62. The van der Waals surface area contributed by atoms with E-state index in [-0.39, 0.29) is 0 Å². The van der Waals surface area contributed by atoms with E-state index in [9.17, 15) is 0 Å². The maximum absolute atomic E-state index is 6.65. The molecule has 0 unspecified atom stereocenters. The van der Waals surface area contributed by atoms with E-state index in [0.717, 1.165) is 56.1 Å². The Morgan fingerprint density at radius 1 is 0.638 bits per heavy atom. The van der Waals surface area contributed by atoms with Gasteiger partial charge in [0.2, 0.25) is 5.82 Å². The van der Waals surface area contributed by atoms with Crippen LogP contribution in [0.1, 0.15) is 28.1 Å². The molecule has 0 saturated heterocycles. The first kappa shape index (κ1) is 30.1. The number of aromatic nitrogens is 5. The second kappa shape index (κ2) is 12.7. The minimum atomic E-state index is -0.846. The van der Waals surface area contributed by atoms with Crippen LogP contribution in [0.2, 0.25) is 5.02 Å². The molecule has 0 fully saturated rings. The number of nitrogens with zero attached hydrogens (tertiary/aromatic N) is 6. The Kier molecular flexibility index (Phi) is 8.10. The van der Waals surface area contributed by atoms with Gasteiger partial charge in [-0.05, 0) is 65.1 Å². The quantitative estimate of drug-likeness (QED) is 0.156. The van der Waals surface area contributed by atoms with Gasteiger partial charge < -0.3 is 4.90 Å². The number of benzene rings is 5. The van der Waals surface area contributed by atoms with Crippen molar-refractivity contribution in [1.82, 2.24) is 25.2 Å². The minimum Gasteiger partial charge on any atom is -0.343 e. The monoisotopic (exact) mass is 632 g/mol. The van der Waals surface area contributed by atoms with Crippen LogP contribution in [-0.4, -0.2) is 32.2 Å². The maximum Gasteiger partial charge on any atom is 0.205 e. The number of anilines is 2. The lowest BCUT2D eigenvalue weighted by Crippen LogP contribution is -2.39. The normalized spacial score (nSPS) is 11.4. The second-order valence-electron chi connectivity index (χ2n) is 11.5. The Bertz CT molecular complexity index is 2030. The maximum atomic E-state index is 6.65. The summed E-state index contributed by atoms with van der Waals surface area (Å²) in [6.07, 6.45) is 0. The van der Waals surface area contributed by atoms with Gasteiger partial charge in [0.15, 0.2) is 5.54 Å². The standard InChI is InChI=1S/C40H33ClN6/c1-28-27-37(38(41)29(2)42-28)46(3)34-25-23-30(24-26-34)35-21-13-14-22-36(35)39-43-45-47(44-39)40(31-15-7-4-8-16-31,32-17-9-5-10-18-32)33-19-11-6-12-20-33/h4-27H,1-3H3. The molecule has 2 heterocycles. The van der Waals surface area contributed by atoms with E-state index in [1.54, 1.807) is 4.80 Å². The fraction of sp³-hybridized carbons (Fsp3) is 0.100. The molecule has 0 saturated carbocycles. The van der Waals surface area contributed by atoms with Crippen LogP contribution in [0.15, 0.2) is 146 Å². The highest BCUT2D eigenvalue weighted by atomic mass is 35.5. The second-order valence-corrected chi connectivity index (χ2v) is 11.9. The SMILES string of the molecule is Cc1cc(N(C)c2ccc(-c3ccccc3-c3nnn(C(c4ccccc4)(c4ccccc4)c4ccccc4)n3)cc2)c(Cl)c(C)n1. The van der Waals surface area contributed by atoms with Gasteiger partial charge in [-0.3, -0.25) is 4.98 Å². The van der Waals surface area contributed by atoms with E-state index in [4.69, 9.17) is 27.0 Å². The molecule has 47 heavy (non-hydrogen) atoms. The average molecular weight is 633 g/mol. The van der Waals surface area contributed by atoms with Crippen molar-refractivity contribution in [3.05, 3.63) is 179 Å². The molecule has 6 nitrogen and oxygen atoms in total. The molecule has 0 N–H and O–H groups in total. The molecular formula is C40H33ClN6. The van der Waals surface area contributed by atoms with Crippen molar-refractivity contribution in [3.63, 3.8) is 0 Å². The highest BCUT2D eigenvalue weighted by Crippen LogP contribution is 2.41. The van der Waals surface area contributed by atoms with Gasteiger partial charge in [-0.1, -0.05) is 139 Å². The van der Waals surface area contributed by atoms with Crippen molar-refractivity contribution < 1.29 is 0 Å². The number of hydrogen-bond donors (Lipinski definition) is 0. The first-order valence-corrected chi connectivity index (χ1v) is 15.9. The van der Waals surface area contributed by atoms with E-state index in [1.165, 1.54) is 0 Å². The molecule has 0 aliphatic carbocycles. The summed E-state index contributed by atoms with van der Waals surface area (Å²) in [5, 5.41) is 15.3. The van der Waals surface area contributed by atoms with Crippen LogP contribution in [-0.2, 0) is 5.54 Å². The molecule has 0 amide bonds. The van der Waals surface area contributed by atoms with Gasteiger partial charge in [-0.15, -0.1) is 15.0 Å². The summed E-state index contributed by atoms with van der Waals surface area (Å²) >= 11 is 6.65. The van der Waals surface area contributed by atoms with Crippen LogP contribution in [0.3, 0.4) is 0 Å². The molecule has 0 aliphatic rings. The zero-order valence-corrected chi connectivity index (χ0v) is 27.2. The first-order valence-electron chi connectivity index (χ1n) is 15.5. The predicted octanol–water partition coefficient (Wildman–Crippen LogP) is 9.28. The van der Waals surface area contributed by atoms with Crippen LogP contribution in [0.25, 0.3) is 22.5 Å². The highest BCUT2D eigenvalue weighted by Gasteiger charge is 2.41. The Morgan fingerprint density at radius 2 is 1.15 bits per heavy atom. The van der Waals surface area contributed by atoms with Gasteiger partial charge in [0.1, 0.15) is 0 Å². The van der Waals surface area contributed by atoms with Crippen molar-refractivity contribution in [2.75, 3.05) is 11.9 Å². The lowest BCUT2D eigenvalue weighted by Gasteiger charge is -2.34. The van der Waals surface area contributed by atoms with Crippen molar-refractivity contribution in [1.29, 1.82) is 0 Å². The van der Waals surface area contributed by atoms with Crippen molar-refractivity contribution >= 4 is 23.0 Å². The lowest BCUT2D eigenvalue weighted by molar-refractivity contribution is 0.396. The molecular weight excluding hydrogens is 600 g/mol. The third-order valence-corrected chi connectivity index (χ3v) is 9.08. The highest BCUT2D eigenvalue weighted by molar-refractivity contribution is 6.34. The van der Waals surface area contributed by atoms with Crippen LogP contribution >= 0.6 is 11.6 Å². The molecule has 0 spiro atoms. The van der Waals surface area contributed by atoms with Gasteiger partial charge >= 0.3 is 0 Å². The van der Waals surface area contributed by atoms with E-state index >= 15 is 0 Å². The summed E-state index contributed by atoms with van der Waals surface area (Å²) in [6, 6.07) is 49.8. The lowest BCUT2D eigenvalue weighted by atomic mass is 9.77. The topological polar surface area (TPSA) is 59.7 Å². The van der Waals surface area contributed by atoms with Gasteiger partial charge in [-0.25, -0.2) is 0 Å². The summed E-state index contributed by atoms with van der Waals surface area (Å²) < 4.78 is 0. The number of aryl methyl sites for hydroxylation is 2. The number of rotatable bonds is 8. The van der Waals surface area contributed by atoms with Gasteiger partial charge in [0, 0.05) is 24.0 Å². The van der Waals surface area contributed by atoms with Crippen LogP contribution in [0.5, 0.6) is 0 Å². The largest absolute Gasteiger partial charge is 0.343 e. The first-order chi connectivity index (χ1) is 23.0. The number of tetrazole rings is 1. The van der Waals surface area contributed by atoms with E-state index < -0.39 is 5.54 Å². The third kappa shape index (κ3) is 5.47. The molecule has 7 rings (SSSR count). The fourth-order valence-electron chi connectivity index (χ4n) is 6.32. The number of halogens is 1. The fourth-order valence-corrected chi connectivity index (χ4v) is 6.54. The Morgan fingerprint density at radius 3 is 1.70 bits per heavy atom. The Hall–Kier alpha value is -5.59. The zero-order valence-electron chi connectivity index (χ0n) is 26.4. The molecule has 7 aromatic rings. The predicted molar refractivity (Wildman–Crippen MR) is 190 cm³/mol. The molecule has 0 atom stereocenters. The van der Waals surface area contributed by atoms with Gasteiger partial charge in [0.05, 0.1) is 16.4 Å². The van der Waals surface area contributed by atoms with Crippen molar-refractivity contribution in [2.45, 2.75) is 19.4 Å². The number of hydrogen-bond acceptors (Lipinski definition) is 5. The average Bonchev–Trinajstić information content (AvgIpc) is 3.62. The Labute approximate surface area is 279 Å². The van der Waals surface area contributed by atoms with Gasteiger partial charge in [-0.2, -0.15) is 0 Å². The zero-order chi connectivity index (χ0) is 32.4. The molecule has 230 valence electrons. The summed E-state index contributed by atoms with van der Waals surface area (Å²) in [7, 11) is 2.02. The summed E-state index contributed by atoms with van der Waals surface area (Å²) in [5.74, 6) is 0.545. The van der Waals surface area contributed by atoms with Crippen LogP contribution in [0.4, 0.5) is 11.4 Å². The van der Waals surface area contributed by atoms with Crippen LogP contribution in [0, 0.1) is 13.8 Å². The van der Waals surface area contributed by atoms with Gasteiger partial charge in [0.25, 0.3) is 0 Å². The smallest absolute Gasteiger partial charge is 0.205 e. The molecule has 5 aromatic carbocycles. The van der Waals surface area contributed by atoms with E-state index in [2.05, 4.69) is 113 Å². The number of pyridine rings is 1. The molecule has 0 radical (unpaired) electrons. The minimum absolute atomic E-state index is 0.545. The molecule has 2 aromatic heterocycles. The summed E-state index contributed by atoms with van der Waals surface area (Å²) in [4.78, 5) is 8.34.